The molecule has 0 radical (unpaired) electrons. The van der Waals surface area contributed by atoms with Gasteiger partial charge < -0.3 is 20.5 Å². The van der Waals surface area contributed by atoms with Gasteiger partial charge in [0.15, 0.2) is 0 Å². The van der Waals surface area contributed by atoms with Crippen molar-refractivity contribution < 1.29 is 19.1 Å². The van der Waals surface area contributed by atoms with Gasteiger partial charge in [-0.05, 0) is 53.0 Å². The average Bonchev–Trinajstić information content (AvgIpc) is 2.71. The minimum absolute atomic E-state index is 0.0340. The molecule has 0 aliphatic heterocycles. The molecule has 2 aromatic rings. The smallest absolute Gasteiger partial charge is 0.248 e. The summed E-state index contributed by atoms with van der Waals surface area (Å²) in [6, 6.07) is 10.9. The summed E-state index contributed by atoms with van der Waals surface area (Å²) in [5.74, 6) is 1.11. The summed E-state index contributed by atoms with van der Waals surface area (Å²) in [6.45, 7) is 10.5. The number of amides is 2. The maximum absolute atomic E-state index is 13.2. The Morgan fingerprint density at radius 3 is 2.25 bits per heavy atom. The Balaban J connectivity index is 2.36. The first-order valence-corrected chi connectivity index (χ1v) is 10.9. The monoisotopic (exact) mass is 440 g/mol. The number of methoxy groups -OCH3 is 2. The molecule has 3 N–H and O–H groups in total. The highest BCUT2D eigenvalue weighted by Gasteiger charge is 2.24. The van der Waals surface area contributed by atoms with Crippen LogP contribution < -0.4 is 20.5 Å². The lowest BCUT2D eigenvalue weighted by Crippen LogP contribution is -2.22. The fraction of sp³-hybridized carbons (Fsp3) is 0.462. The number of nitrogens with one attached hydrogen (secondary N) is 1. The molecule has 174 valence electrons. The molecule has 2 aromatic carbocycles. The van der Waals surface area contributed by atoms with Crippen LogP contribution in [0.25, 0.3) is 0 Å². The number of rotatable bonds is 9. The first-order chi connectivity index (χ1) is 15.0. The first-order valence-electron chi connectivity index (χ1n) is 10.9. The molecule has 0 aliphatic rings. The van der Waals surface area contributed by atoms with E-state index in [9.17, 15) is 9.59 Å². The maximum atomic E-state index is 13.2. The Labute approximate surface area is 191 Å². The molecule has 6 nitrogen and oxygen atoms in total. The third-order valence-corrected chi connectivity index (χ3v) is 5.45. The lowest BCUT2D eigenvalue weighted by Gasteiger charge is -2.25. The van der Waals surface area contributed by atoms with E-state index in [0.717, 1.165) is 17.5 Å². The van der Waals surface area contributed by atoms with Gasteiger partial charge >= 0.3 is 0 Å². The number of primary amides is 1. The van der Waals surface area contributed by atoms with Gasteiger partial charge in [0.2, 0.25) is 11.8 Å². The highest BCUT2D eigenvalue weighted by atomic mass is 16.5. The molecule has 6 heteroatoms. The second kappa shape index (κ2) is 10.5. The standard InChI is InChI=1S/C26H36N2O4/c1-16(2)12-18(20-10-9-19(31-6)15-23(20)32-7)14-24(29)28-22-13-17(25(27)30)8-11-21(22)26(3,4)5/h8-11,13,15-16,18H,12,14H2,1-7H3,(H2,27,30)(H,28,29). The molecule has 0 spiro atoms. The van der Waals surface area contributed by atoms with Crippen LogP contribution in [0.15, 0.2) is 36.4 Å². The summed E-state index contributed by atoms with van der Waals surface area (Å²) >= 11 is 0. The number of carbonyl (C=O) groups is 2. The summed E-state index contributed by atoms with van der Waals surface area (Å²) in [4.78, 5) is 24.9. The summed E-state index contributed by atoms with van der Waals surface area (Å²) in [5.41, 5.74) is 8.14. The van der Waals surface area contributed by atoms with E-state index in [-0.39, 0.29) is 23.7 Å². The van der Waals surface area contributed by atoms with Crippen LogP contribution in [0.1, 0.15) is 74.9 Å². The van der Waals surface area contributed by atoms with Gasteiger partial charge in [-0.25, -0.2) is 0 Å². The minimum Gasteiger partial charge on any atom is -0.497 e. The van der Waals surface area contributed by atoms with Crippen LogP contribution >= 0.6 is 0 Å². The normalized spacial score (nSPS) is 12.4. The van der Waals surface area contributed by atoms with Crippen LogP contribution in [0.5, 0.6) is 11.5 Å². The van der Waals surface area contributed by atoms with Crippen LogP contribution in [0.2, 0.25) is 0 Å². The van der Waals surface area contributed by atoms with Gasteiger partial charge in [-0.2, -0.15) is 0 Å². The van der Waals surface area contributed by atoms with E-state index < -0.39 is 5.91 Å². The minimum atomic E-state index is -0.526. The molecular weight excluding hydrogens is 404 g/mol. The molecule has 0 aromatic heterocycles. The van der Waals surface area contributed by atoms with E-state index >= 15 is 0 Å². The van der Waals surface area contributed by atoms with E-state index in [2.05, 4.69) is 39.9 Å². The molecule has 0 fully saturated rings. The molecule has 32 heavy (non-hydrogen) atoms. The third kappa shape index (κ3) is 6.49. The van der Waals surface area contributed by atoms with Crippen molar-refractivity contribution in [3.05, 3.63) is 53.1 Å². The number of hydrogen-bond acceptors (Lipinski definition) is 4. The Morgan fingerprint density at radius 1 is 1.03 bits per heavy atom. The Kier molecular flexibility index (Phi) is 8.31. The van der Waals surface area contributed by atoms with Gasteiger partial charge in [0.25, 0.3) is 0 Å². The van der Waals surface area contributed by atoms with Crippen molar-refractivity contribution in [3.8, 4) is 11.5 Å². The molecule has 2 amide bonds. The van der Waals surface area contributed by atoms with Gasteiger partial charge in [-0.1, -0.05) is 46.8 Å². The third-order valence-electron chi connectivity index (χ3n) is 5.45. The predicted octanol–water partition coefficient (Wildman–Crippen LogP) is 5.26. The van der Waals surface area contributed by atoms with Crippen LogP contribution in [-0.4, -0.2) is 26.0 Å². The molecule has 1 unspecified atom stereocenters. The van der Waals surface area contributed by atoms with Gasteiger partial charge in [-0.15, -0.1) is 0 Å². The number of anilines is 1. The van der Waals surface area contributed by atoms with Crippen LogP contribution in [-0.2, 0) is 10.2 Å². The SMILES string of the molecule is COc1ccc(C(CC(=O)Nc2cc(C(N)=O)ccc2C(C)(C)C)CC(C)C)c(OC)c1. The lowest BCUT2D eigenvalue weighted by atomic mass is 9.84. The predicted molar refractivity (Wildman–Crippen MR) is 129 cm³/mol. The fourth-order valence-electron chi connectivity index (χ4n) is 3.92. The van der Waals surface area contributed by atoms with Crippen molar-refractivity contribution in [1.29, 1.82) is 0 Å². The van der Waals surface area contributed by atoms with Crippen LogP contribution in [0.4, 0.5) is 5.69 Å². The van der Waals surface area contributed by atoms with E-state index in [1.54, 1.807) is 26.4 Å². The molecule has 0 saturated heterocycles. The van der Waals surface area contributed by atoms with Crippen LogP contribution in [0, 0.1) is 5.92 Å². The van der Waals surface area contributed by atoms with Crippen molar-refractivity contribution in [3.63, 3.8) is 0 Å². The van der Waals surface area contributed by atoms with Gasteiger partial charge in [0.05, 0.1) is 14.2 Å². The molecule has 2 rings (SSSR count). The van der Waals surface area contributed by atoms with E-state index in [4.69, 9.17) is 15.2 Å². The second-order valence-corrected chi connectivity index (χ2v) is 9.56. The first kappa shape index (κ1) is 25.2. The molecule has 0 bridgehead atoms. The van der Waals surface area contributed by atoms with E-state index in [0.29, 0.717) is 28.7 Å². The highest BCUT2D eigenvalue weighted by Crippen LogP contribution is 2.37. The number of benzene rings is 2. The summed E-state index contributed by atoms with van der Waals surface area (Å²) in [5, 5.41) is 3.03. The van der Waals surface area contributed by atoms with Gasteiger partial charge in [-0.3, -0.25) is 9.59 Å². The van der Waals surface area contributed by atoms with Crippen molar-refractivity contribution >= 4 is 17.5 Å². The number of ether oxygens (including phenoxy) is 2. The molecule has 1 atom stereocenters. The molecular formula is C26H36N2O4. The quantitative estimate of drug-likeness (QED) is 0.556. The number of nitrogens with two attached hydrogens (primary N) is 1. The number of hydrogen-bond donors (Lipinski definition) is 2. The maximum Gasteiger partial charge on any atom is 0.248 e. The Bertz CT molecular complexity index is 961. The zero-order chi connectivity index (χ0) is 24.1. The zero-order valence-corrected chi connectivity index (χ0v) is 20.2. The molecule has 0 heterocycles. The second-order valence-electron chi connectivity index (χ2n) is 9.56. The topological polar surface area (TPSA) is 90.6 Å². The molecule has 0 saturated carbocycles. The van der Waals surface area contributed by atoms with E-state index in [1.807, 2.05) is 24.3 Å². The number of carbonyl (C=O) groups excluding carboxylic acids is 2. The summed E-state index contributed by atoms with van der Waals surface area (Å²) < 4.78 is 10.9. The van der Waals surface area contributed by atoms with Gasteiger partial charge in [0.1, 0.15) is 11.5 Å². The summed E-state index contributed by atoms with van der Waals surface area (Å²) in [7, 11) is 3.23. The zero-order valence-electron chi connectivity index (χ0n) is 20.2. The summed E-state index contributed by atoms with van der Waals surface area (Å²) in [6.07, 6.45) is 1.11. The molecule has 0 aliphatic carbocycles. The fourth-order valence-corrected chi connectivity index (χ4v) is 3.92. The Morgan fingerprint density at radius 2 is 1.72 bits per heavy atom. The average molecular weight is 441 g/mol. The van der Waals surface area contributed by atoms with Crippen molar-refractivity contribution in [2.45, 2.75) is 58.8 Å². The van der Waals surface area contributed by atoms with E-state index in [1.165, 1.54) is 0 Å². The Hall–Kier alpha value is -3.02. The lowest BCUT2D eigenvalue weighted by molar-refractivity contribution is -0.116. The van der Waals surface area contributed by atoms with Gasteiger partial charge in [0, 0.05) is 23.7 Å². The largest absolute Gasteiger partial charge is 0.497 e. The van der Waals surface area contributed by atoms with Crippen molar-refractivity contribution in [2.75, 3.05) is 19.5 Å². The van der Waals surface area contributed by atoms with Crippen molar-refractivity contribution in [2.24, 2.45) is 11.7 Å². The highest BCUT2D eigenvalue weighted by molar-refractivity contribution is 5.97. The van der Waals surface area contributed by atoms with Crippen molar-refractivity contribution in [1.82, 2.24) is 0 Å². The van der Waals surface area contributed by atoms with Crippen LogP contribution in [0.3, 0.4) is 0 Å².